The van der Waals surface area contributed by atoms with E-state index in [2.05, 4.69) is 14.3 Å². The number of carbonyl (C=O) groups is 1. The maximum atomic E-state index is 13.1. The van der Waals surface area contributed by atoms with E-state index in [1.165, 1.54) is 18.2 Å². The molecule has 1 heterocycles. The van der Waals surface area contributed by atoms with Crippen LogP contribution in [0.15, 0.2) is 44.9 Å². The molecule has 0 radical (unpaired) electrons. The van der Waals surface area contributed by atoms with E-state index in [4.69, 9.17) is 22.1 Å². The van der Waals surface area contributed by atoms with Gasteiger partial charge in [-0.15, -0.1) is 0 Å². The number of hydrogen-bond donors (Lipinski definition) is 1. The van der Waals surface area contributed by atoms with Gasteiger partial charge in [-0.1, -0.05) is 23.7 Å². The van der Waals surface area contributed by atoms with E-state index in [9.17, 15) is 26.4 Å². The zero-order valence-corrected chi connectivity index (χ0v) is 20.6. The Morgan fingerprint density at radius 2 is 2.00 bits per heavy atom. The van der Waals surface area contributed by atoms with Gasteiger partial charge in [-0.2, -0.15) is 17.5 Å². The zero-order valence-electron chi connectivity index (χ0n) is 18.3. The SMILES string of the molecule is CN(C)CCOC(=O)CN=C(/C(Cl)=C(\N)C(F)(F)F)c1nsc(-c2cccc(S(C)(=O)=O)c2)n1. The van der Waals surface area contributed by atoms with Crippen LogP contribution in [0.3, 0.4) is 0 Å². The van der Waals surface area contributed by atoms with Gasteiger partial charge < -0.3 is 15.4 Å². The standard InChI is InChI=1S/C19H21ClF3N5O4S2/c1-28(2)7-8-32-13(29)10-25-15(14(20)16(24)19(21,22)23)17-26-18(33-27-17)11-5-4-6-12(9-11)34(3,30)31/h4-6,9H,7-8,10,24H2,1-3H3/b16-14+,25-15?. The first-order valence-electron chi connectivity index (χ1n) is 9.42. The monoisotopic (exact) mass is 539 g/mol. The first-order valence-corrected chi connectivity index (χ1v) is 12.5. The summed E-state index contributed by atoms with van der Waals surface area (Å²) in [6.07, 6.45) is -3.93. The Kier molecular flexibility index (Phi) is 9.16. The minimum atomic E-state index is -4.97. The highest BCUT2D eigenvalue weighted by atomic mass is 35.5. The van der Waals surface area contributed by atoms with Crippen molar-refractivity contribution < 1.29 is 31.1 Å². The number of aromatic nitrogens is 2. The number of likely N-dealkylation sites (N-methyl/N-ethyl adjacent to an activating group) is 1. The van der Waals surface area contributed by atoms with Crippen molar-refractivity contribution in [2.24, 2.45) is 10.7 Å². The molecule has 2 rings (SSSR count). The smallest absolute Gasteiger partial charge is 0.432 e. The summed E-state index contributed by atoms with van der Waals surface area (Å²) < 4.78 is 72.0. The third-order valence-electron chi connectivity index (χ3n) is 4.06. The lowest BCUT2D eigenvalue weighted by Crippen LogP contribution is -2.24. The summed E-state index contributed by atoms with van der Waals surface area (Å²) >= 11 is 6.65. The molecular weight excluding hydrogens is 519 g/mol. The molecule has 2 N–H and O–H groups in total. The van der Waals surface area contributed by atoms with Gasteiger partial charge in [0, 0.05) is 18.4 Å². The summed E-state index contributed by atoms with van der Waals surface area (Å²) in [6, 6.07) is 5.78. The second kappa shape index (κ2) is 11.3. The Morgan fingerprint density at radius 3 is 2.59 bits per heavy atom. The van der Waals surface area contributed by atoms with Crippen LogP contribution in [0.25, 0.3) is 10.6 Å². The number of benzene rings is 1. The van der Waals surface area contributed by atoms with E-state index in [0.717, 1.165) is 17.8 Å². The lowest BCUT2D eigenvalue weighted by molar-refractivity contribution is -0.142. The van der Waals surface area contributed by atoms with Crippen molar-refractivity contribution in [1.29, 1.82) is 0 Å². The minimum absolute atomic E-state index is 0.0235. The van der Waals surface area contributed by atoms with Crippen molar-refractivity contribution >= 4 is 44.7 Å². The van der Waals surface area contributed by atoms with Gasteiger partial charge in [-0.25, -0.2) is 13.4 Å². The van der Waals surface area contributed by atoms with E-state index < -0.39 is 45.0 Å². The van der Waals surface area contributed by atoms with Gasteiger partial charge in [0.1, 0.15) is 29.6 Å². The largest absolute Gasteiger partial charge is 0.463 e. The predicted octanol–water partition coefficient (Wildman–Crippen LogP) is 2.47. The molecule has 0 aliphatic rings. The molecule has 34 heavy (non-hydrogen) atoms. The van der Waals surface area contributed by atoms with Gasteiger partial charge in [0.25, 0.3) is 0 Å². The summed E-state index contributed by atoms with van der Waals surface area (Å²) in [5.74, 6) is -1.12. The van der Waals surface area contributed by atoms with Crippen LogP contribution >= 0.6 is 23.1 Å². The van der Waals surface area contributed by atoms with Crippen molar-refractivity contribution in [2.45, 2.75) is 11.1 Å². The van der Waals surface area contributed by atoms with Crippen molar-refractivity contribution in [3.8, 4) is 10.6 Å². The van der Waals surface area contributed by atoms with Crippen molar-refractivity contribution in [1.82, 2.24) is 14.3 Å². The van der Waals surface area contributed by atoms with Gasteiger partial charge in [-0.3, -0.25) is 9.79 Å². The van der Waals surface area contributed by atoms with Crippen molar-refractivity contribution in [3.63, 3.8) is 0 Å². The Morgan fingerprint density at radius 1 is 1.32 bits per heavy atom. The molecule has 1 aromatic carbocycles. The van der Waals surface area contributed by atoms with Gasteiger partial charge in [0.2, 0.25) is 0 Å². The molecule has 2 aromatic rings. The number of carbonyl (C=O) groups excluding carboxylic acids is 1. The van der Waals surface area contributed by atoms with E-state index >= 15 is 0 Å². The molecule has 0 aliphatic heterocycles. The maximum absolute atomic E-state index is 13.1. The molecule has 0 amide bonds. The fourth-order valence-corrected chi connectivity index (χ4v) is 3.90. The molecular formula is C19H21ClF3N5O4S2. The van der Waals surface area contributed by atoms with E-state index in [1.807, 2.05) is 0 Å². The molecule has 186 valence electrons. The number of aliphatic imine (C=N–C) groups is 1. The number of nitrogens with zero attached hydrogens (tertiary/aromatic N) is 4. The van der Waals surface area contributed by atoms with Crippen LogP contribution < -0.4 is 5.73 Å². The van der Waals surface area contributed by atoms with E-state index in [0.29, 0.717) is 12.1 Å². The van der Waals surface area contributed by atoms with Crippen LogP contribution in [0.5, 0.6) is 0 Å². The number of hydrogen-bond acceptors (Lipinski definition) is 10. The third kappa shape index (κ3) is 7.75. The van der Waals surface area contributed by atoms with E-state index in [-0.39, 0.29) is 22.3 Å². The Balaban J connectivity index is 2.43. The van der Waals surface area contributed by atoms with Crippen molar-refractivity contribution in [2.75, 3.05) is 40.0 Å². The number of allylic oxidation sites excluding steroid dienone is 2. The first kappa shape index (κ1) is 27.7. The quantitative estimate of drug-likeness (QED) is 0.380. The predicted molar refractivity (Wildman–Crippen MR) is 122 cm³/mol. The highest BCUT2D eigenvalue weighted by Crippen LogP contribution is 2.29. The van der Waals surface area contributed by atoms with Gasteiger partial charge in [0.05, 0.1) is 9.93 Å². The fraction of sp³-hybridized carbons (Fsp3) is 0.368. The highest BCUT2D eigenvalue weighted by Gasteiger charge is 2.36. The second-order valence-corrected chi connectivity index (χ2v) is 10.3. The number of ether oxygens (including phenoxy) is 1. The Bertz CT molecular complexity index is 1210. The maximum Gasteiger partial charge on any atom is 0.432 e. The average molecular weight is 540 g/mol. The summed E-state index contributed by atoms with van der Waals surface area (Å²) in [5.41, 5.74) is 3.31. The lowest BCUT2D eigenvalue weighted by atomic mass is 10.2. The topological polar surface area (TPSA) is 128 Å². The molecule has 0 spiro atoms. The molecule has 1 aromatic heterocycles. The second-order valence-electron chi connectivity index (χ2n) is 7.14. The van der Waals surface area contributed by atoms with Crippen LogP contribution in [0, 0.1) is 0 Å². The third-order valence-corrected chi connectivity index (χ3v) is 6.32. The minimum Gasteiger partial charge on any atom is -0.463 e. The number of nitrogens with two attached hydrogens (primary N) is 1. The number of halogens is 4. The molecule has 0 saturated carbocycles. The average Bonchev–Trinajstić information content (AvgIpc) is 3.21. The first-order chi connectivity index (χ1) is 15.7. The molecule has 0 fully saturated rings. The summed E-state index contributed by atoms with van der Waals surface area (Å²) in [5, 5.41) is -0.792. The Labute approximate surface area is 203 Å². The van der Waals surface area contributed by atoms with Crippen LogP contribution in [0.4, 0.5) is 13.2 Å². The van der Waals surface area contributed by atoms with Crippen LogP contribution in [-0.2, 0) is 19.4 Å². The fourth-order valence-electron chi connectivity index (χ4n) is 2.32. The van der Waals surface area contributed by atoms with Crippen LogP contribution in [0.2, 0.25) is 0 Å². The number of alkyl halides is 3. The molecule has 0 atom stereocenters. The van der Waals surface area contributed by atoms with Gasteiger partial charge in [0.15, 0.2) is 15.7 Å². The molecule has 9 nitrogen and oxygen atoms in total. The van der Waals surface area contributed by atoms with Gasteiger partial charge in [-0.05, 0) is 37.8 Å². The number of esters is 1. The Hall–Kier alpha value is -2.55. The van der Waals surface area contributed by atoms with Gasteiger partial charge >= 0.3 is 12.1 Å². The van der Waals surface area contributed by atoms with Crippen LogP contribution in [0.1, 0.15) is 5.82 Å². The molecule has 0 aliphatic carbocycles. The summed E-state index contributed by atoms with van der Waals surface area (Å²) in [6.45, 7) is -0.156. The van der Waals surface area contributed by atoms with Crippen LogP contribution in [-0.4, -0.2) is 80.6 Å². The van der Waals surface area contributed by atoms with E-state index in [1.54, 1.807) is 25.1 Å². The molecule has 0 unspecified atom stereocenters. The summed E-state index contributed by atoms with van der Waals surface area (Å²) in [4.78, 5) is 21.7. The zero-order chi connectivity index (χ0) is 25.7. The van der Waals surface area contributed by atoms with Crippen molar-refractivity contribution in [3.05, 3.63) is 40.8 Å². The molecule has 0 bridgehead atoms. The lowest BCUT2D eigenvalue weighted by Gasteiger charge is -2.11. The molecule has 15 heteroatoms. The normalized spacial score (nSPS) is 13.7. The molecule has 0 saturated heterocycles. The highest BCUT2D eigenvalue weighted by molar-refractivity contribution is 7.90. The number of rotatable bonds is 9. The number of sulfone groups is 1. The summed E-state index contributed by atoms with van der Waals surface area (Å²) in [7, 11) is 0.0320.